The second-order valence-corrected chi connectivity index (χ2v) is 55.8. The Morgan fingerprint density at radius 2 is 0.822 bits per heavy atom. The van der Waals surface area contributed by atoms with Crippen molar-refractivity contribution in [2.45, 2.75) is 209 Å². The SMILES string of the molecule is CC1(C)OB(c2ccc(-c3nc4nc(O[C@@H]5CO[C@H]6[C@@H]5OC[C@H]6O)n(COCC[Si](C)(C)C)c4cc3F)cc2)OC1(C)C.C[Si](C)(C)CCOCn1c(O[C@@H]2CO[C@H]3[C@@H]2OC[C@H]3O)nc2nc(-c3ccc(-c4ccc(N=S(C)(C)=O)cc4F)cc3)c(F)cc21.C[Si](C)(C)CCOCn1c(O[C@@H]2CO[C@H]3[C@@H]2OC[C@H]3O)nc2nc(Br)c(F)cc21. The molecule has 7 fully saturated rings. The van der Waals surface area contributed by atoms with Crippen LogP contribution in [0.4, 0.5) is 23.2 Å². The highest BCUT2D eigenvalue weighted by Gasteiger charge is 2.54. The van der Waals surface area contributed by atoms with E-state index in [9.17, 15) is 28.3 Å². The summed E-state index contributed by atoms with van der Waals surface area (Å²) in [6, 6.07) is 26.3. The highest BCUT2D eigenvalue weighted by molar-refractivity contribution is 9.10. The van der Waals surface area contributed by atoms with Crippen molar-refractivity contribution in [3.63, 3.8) is 0 Å². The Bertz CT molecular complexity index is 5210. The van der Waals surface area contributed by atoms with E-state index in [1.54, 1.807) is 50.1 Å². The van der Waals surface area contributed by atoms with Gasteiger partial charge in [0.25, 0.3) is 0 Å². The zero-order valence-electron chi connectivity index (χ0n) is 68.9. The van der Waals surface area contributed by atoms with Crippen LogP contribution in [-0.4, -0.2) is 251 Å². The van der Waals surface area contributed by atoms with Crippen LogP contribution in [0.2, 0.25) is 77.1 Å². The molecule has 0 radical (unpaired) electrons. The average Bonchev–Trinajstić information content (AvgIpc) is 1.61. The molecule has 7 aliphatic heterocycles. The third-order valence-corrected chi connectivity index (χ3v) is 28.1. The van der Waals surface area contributed by atoms with Crippen LogP contribution in [0.3, 0.4) is 0 Å². The molecule has 0 aliphatic carbocycles. The Morgan fingerprint density at radius 3 is 1.19 bits per heavy atom. The van der Waals surface area contributed by atoms with Crippen molar-refractivity contribution in [1.82, 2.24) is 43.6 Å². The molecule has 12 atom stereocenters. The quantitative estimate of drug-likeness (QED) is 0.0196. The molecule has 0 unspecified atom stereocenters. The van der Waals surface area contributed by atoms with E-state index in [4.69, 9.17) is 66.2 Å². The maximum Gasteiger partial charge on any atom is 0.494 e. The number of hydrogen-bond donors (Lipinski definition) is 3. The fraction of sp³-hybridized carbons (Fsp3) is 0.550. The van der Waals surface area contributed by atoms with Crippen LogP contribution in [0, 0.1) is 23.3 Å². The lowest BCUT2D eigenvalue weighted by atomic mass is 9.79. The van der Waals surface area contributed by atoms with Crippen molar-refractivity contribution in [2.75, 3.05) is 72.0 Å². The van der Waals surface area contributed by atoms with Gasteiger partial charge in [0.15, 0.2) is 52.7 Å². The Labute approximate surface area is 694 Å². The predicted octanol–water partition coefficient (Wildman–Crippen LogP) is 11.9. The maximum atomic E-state index is 15.7. The number of ether oxygens (including phenoxy) is 12. The maximum absolute atomic E-state index is 15.7. The van der Waals surface area contributed by atoms with E-state index >= 15 is 8.78 Å². The molecule has 6 aromatic heterocycles. The first-order valence-corrected chi connectivity index (χ1v) is 53.8. The minimum atomic E-state index is -2.43. The Balaban J connectivity index is 0.000000149. The number of pyridine rings is 3. The zero-order chi connectivity index (χ0) is 84.3. The number of aromatic nitrogens is 9. The summed E-state index contributed by atoms with van der Waals surface area (Å²) in [6.07, 6.45) is -3.12. The van der Waals surface area contributed by atoms with Gasteiger partial charge >= 0.3 is 25.1 Å². The van der Waals surface area contributed by atoms with E-state index in [0.29, 0.717) is 75.6 Å². The molecule has 13 heterocycles. The molecule has 9 aromatic rings. The highest BCUT2D eigenvalue weighted by Crippen LogP contribution is 2.40. The lowest BCUT2D eigenvalue weighted by Gasteiger charge is -2.32. The molecular weight excluding hydrogens is 1670 g/mol. The van der Waals surface area contributed by atoms with E-state index in [2.05, 4.69) is 109 Å². The summed E-state index contributed by atoms with van der Waals surface area (Å²) in [5, 5.41) is 30.2. The van der Waals surface area contributed by atoms with Gasteiger partial charge in [0.05, 0.1) is 73.1 Å². The summed E-state index contributed by atoms with van der Waals surface area (Å²) in [5.74, 6) is -2.05. The Morgan fingerprint density at radius 1 is 0.475 bits per heavy atom. The molecule has 7 aliphatic rings. The number of halogens is 5. The summed E-state index contributed by atoms with van der Waals surface area (Å²) in [5.41, 5.74) is 4.77. The minimum Gasteiger partial charge on any atom is -0.456 e. The third-order valence-electron chi connectivity index (χ3n) is 21.8. The number of aliphatic hydroxyl groups excluding tert-OH is 3. The van der Waals surface area contributed by atoms with Gasteiger partial charge in [0.2, 0.25) is 0 Å². The molecule has 7 saturated heterocycles. The Hall–Kier alpha value is -6.77. The topological polar surface area (TPSA) is 311 Å². The van der Waals surface area contributed by atoms with Crippen LogP contribution in [0.25, 0.3) is 67.1 Å². The lowest BCUT2D eigenvalue weighted by Crippen LogP contribution is -2.41. The van der Waals surface area contributed by atoms with Gasteiger partial charge < -0.3 is 81.5 Å². The van der Waals surface area contributed by atoms with E-state index < -0.39 is 143 Å². The molecule has 28 nitrogen and oxygen atoms in total. The molecule has 0 spiro atoms. The van der Waals surface area contributed by atoms with Crippen LogP contribution in [0.1, 0.15) is 27.7 Å². The van der Waals surface area contributed by atoms with Gasteiger partial charge in [-0.05, 0) is 84.9 Å². The van der Waals surface area contributed by atoms with Gasteiger partial charge in [-0.15, -0.1) is 0 Å². The normalized spacial score (nSPS) is 24.7. The van der Waals surface area contributed by atoms with Crippen molar-refractivity contribution in [2.24, 2.45) is 4.36 Å². The second-order valence-electron chi connectivity index (χ2n) is 35.6. The van der Waals surface area contributed by atoms with Crippen molar-refractivity contribution in [3.8, 4) is 51.7 Å². The average molecular weight is 1780 g/mol. The van der Waals surface area contributed by atoms with E-state index in [1.165, 1.54) is 36.8 Å². The fourth-order valence-electron chi connectivity index (χ4n) is 14.3. The molecule has 638 valence electrons. The first-order chi connectivity index (χ1) is 55.7. The smallest absolute Gasteiger partial charge is 0.456 e. The van der Waals surface area contributed by atoms with E-state index in [1.807, 2.05) is 52.0 Å². The van der Waals surface area contributed by atoms with E-state index in [0.717, 1.165) is 23.6 Å². The summed E-state index contributed by atoms with van der Waals surface area (Å²) in [6.45, 7) is 31.9. The first-order valence-electron chi connectivity index (χ1n) is 39.6. The number of nitrogens with zero attached hydrogens (tertiary/aromatic N) is 10. The third kappa shape index (κ3) is 20.1. The van der Waals surface area contributed by atoms with Crippen molar-refractivity contribution >= 4 is 102 Å². The number of rotatable bonds is 26. The summed E-state index contributed by atoms with van der Waals surface area (Å²) >= 11 is 3.10. The molecule has 38 heteroatoms. The lowest BCUT2D eigenvalue weighted by molar-refractivity contribution is 0.00335. The molecule has 0 saturated carbocycles. The van der Waals surface area contributed by atoms with Crippen LogP contribution >= 0.6 is 15.9 Å². The van der Waals surface area contributed by atoms with E-state index in [-0.39, 0.29) is 106 Å². The number of benzene rings is 3. The number of hydrogen-bond acceptors (Lipinski definition) is 25. The van der Waals surface area contributed by atoms with Gasteiger partial charge in [0.1, 0.15) is 96.9 Å². The highest BCUT2D eigenvalue weighted by atomic mass is 79.9. The van der Waals surface area contributed by atoms with Gasteiger partial charge in [-0.2, -0.15) is 19.3 Å². The van der Waals surface area contributed by atoms with Crippen molar-refractivity contribution in [3.05, 3.63) is 113 Å². The largest absolute Gasteiger partial charge is 0.494 e. The fourth-order valence-corrected chi connectivity index (χ4v) is 17.5. The monoisotopic (exact) mass is 1770 g/mol. The number of fused-ring (bicyclic) bond motifs is 6. The molecule has 0 bridgehead atoms. The van der Waals surface area contributed by atoms with Crippen LogP contribution in [-0.2, 0) is 81.9 Å². The zero-order valence-corrected chi connectivity index (χ0v) is 74.3. The van der Waals surface area contributed by atoms with Crippen molar-refractivity contribution in [1.29, 1.82) is 0 Å². The Kier molecular flexibility index (Phi) is 26.1. The first kappa shape index (κ1) is 87.6. The molecular formula is C80H104BBrF4N10O18SSi3. The molecule has 118 heavy (non-hydrogen) atoms. The second kappa shape index (κ2) is 35.2. The number of aliphatic hydroxyl groups is 3. The summed E-state index contributed by atoms with van der Waals surface area (Å²) in [4.78, 5) is 27.0. The molecule has 0 amide bonds. The predicted molar refractivity (Wildman–Crippen MR) is 446 cm³/mol. The van der Waals surface area contributed by atoms with Crippen LogP contribution in [0.15, 0.2) is 93.9 Å². The molecule has 3 aromatic carbocycles. The number of imidazole rings is 3. The van der Waals surface area contributed by atoms with Crippen LogP contribution in [0.5, 0.6) is 18.0 Å². The summed E-state index contributed by atoms with van der Waals surface area (Å²) < 4.78 is 164. The van der Waals surface area contributed by atoms with Gasteiger partial charge in [-0.3, -0.25) is 13.7 Å². The van der Waals surface area contributed by atoms with Crippen molar-refractivity contribution < 1.29 is 103 Å². The van der Waals surface area contributed by atoms with Gasteiger partial charge in [-0.25, -0.2) is 36.7 Å². The summed E-state index contributed by atoms with van der Waals surface area (Å²) in [7, 11) is -6.81. The standard InChI is InChI=1S/C32H38F2N4O6SSi.C30H41BFN3O7Si.C18H25BrFN3O5Si/c1-45(2,40)37-21-10-11-22(23(33)14-21)19-6-8-20(9-7-19)28-24(34)15-25-31(35-28)36-32(38(25)18-41-12-13-46(3,4)5)44-27-17-43-29-26(39)16-42-30(27)29;1-29(2)30(3,4)42-31(41-29)19-10-8-18(9-11-19)24-20(32)14-21-27(33-24)34-28(35(21)17-37-12-13-43(5,6)7)40-23-16-39-25-22(36)15-38-26(23)25;1-29(2,3)5-4-25-9-23-11-6-10(20)16(19)21-17(11)22-18(23)28-13-8-27-14-12(24)7-26-15(13)14/h6-11,14-15,26-27,29-30,39H,12-13,16-18H2,1-5H3;8-11,14,22-23,25-26,36H,12-13,15-17H2,1-7H3;6,12-15,24H,4-5,7-9H2,1-3H3/t26-,27-,29-,30-;22-,23-,25-,26-;12-,13-,14-,15-/m111/s1. The van der Waals surface area contributed by atoms with Gasteiger partial charge in [-0.1, -0.05) is 107 Å². The molecule has 16 rings (SSSR count). The van der Waals surface area contributed by atoms with Crippen LogP contribution < -0.4 is 19.7 Å². The van der Waals surface area contributed by atoms with Gasteiger partial charge in [0, 0.05) is 107 Å². The minimum absolute atomic E-state index is 0.0803. The molecule has 3 N–H and O–H groups in total.